The van der Waals surface area contributed by atoms with Gasteiger partial charge >= 0.3 is 0 Å². The van der Waals surface area contributed by atoms with E-state index in [-0.39, 0.29) is 0 Å². The fourth-order valence-electron chi connectivity index (χ4n) is 2.28. The maximum absolute atomic E-state index is 6.14. The maximum atomic E-state index is 6.14. The summed E-state index contributed by atoms with van der Waals surface area (Å²) in [5.41, 5.74) is 9.40. The summed E-state index contributed by atoms with van der Waals surface area (Å²) in [7, 11) is 1.69. The van der Waals surface area contributed by atoms with Gasteiger partial charge in [0.05, 0.1) is 18.5 Å². The molecule has 0 radical (unpaired) electrons. The molecule has 1 aliphatic rings. The Bertz CT molecular complexity index is 549. The number of ether oxygens (including phenoxy) is 1. The van der Waals surface area contributed by atoms with Crippen molar-refractivity contribution in [3.63, 3.8) is 0 Å². The molecule has 4 heteroatoms. The van der Waals surface area contributed by atoms with Gasteiger partial charge in [0.2, 0.25) is 0 Å². The van der Waals surface area contributed by atoms with Gasteiger partial charge in [-0.3, -0.25) is 0 Å². The van der Waals surface area contributed by atoms with E-state index in [9.17, 15) is 0 Å². The van der Waals surface area contributed by atoms with Gasteiger partial charge in [-0.05, 0) is 47.4 Å². The van der Waals surface area contributed by atoms with Crippen LogP contribution in [0.2, 0.25) is 0 Å². The number of nitrogen functional groups attached to an aromatic ring is 1. The molecular weight excluding hydrogens is 256 g/mol. The van der Waals surface area contributed by atoms with Crippen molar-refractivity contribution in [2.45, 2.75) is 25.4 Å². The molecule has 3 rings (SSSR count). The highest BCUT2D eigenvalue weighted by molar-refractivity contribution is 7.07. The summed E-state index contributed by atoms with van der Waals surface area (Å²) < 4.78 is 5.32. The Kier molecular flexibility index (Phi) is 3.34. The lowest BCUT2D eigenvalue weighted by atomic mass is 10.2. The maximum Gasteiger partial charge on any atom is 0.121 e. The molecule has 1 aromatic heterocycles. The number of nitrogens with zero attached hydrogens (tertiary/aromatic N) is 1. The lowest BCUT2D eigenvalue weighted by Gasteiger charge is -2.26. The van der Waals surface area contributed by atoms with Gasteiger partial charge in [0.15, 0.2) is 0 Å². The van der Waals surface area contributed by atoms with Crippen molar-refractivity contribution in [3.05, 3.63) is 40.6 Å². The molecule has 19 heavy (non-hydrogen) atoms. The Balaban J connectivity index is 1.91. The van der Waals surface area contributed by atoms with Crippen LogP contribution in [0.15, 0.2) is 35.0 Å². The van der Waals surface area contributed by atoms with E-state index in [0.29, 0.717) is 6.04 Å². The fourth-order valence-corrected chi connectivity index (χ4v) is 2.94. The van der Waals surface area contributed by atoms with Gasteiger partial charge in [-0.2, -0.15) is 11.3 Å². The third-order valence-corrected chi connectivity index (χ3v) is 4.20. The molecule has 0 bridgehead atoms. The highest BCUT2D eigenvalue weighted by atomic mass is 32.1. The van der Waals surface area contributed by atoms with Crippen molar-refractivity contribution in [1.82, 2.24) is 0 Å². The summed E-state index contributed by atoms with van der Waals surface area (Å²) in [6.45, 7) is 0.922. The molecule has 1 saturated carbocycles. The van der Waals surface area contributed by atoms with Gasteiger partial charge in [-0.1, -0.05) is 0 Å². The first kappa shape index (κ1) is 12.4. The van der Waals surface area contributed by atoms with E-state index in [4.69, 9.17) is 10.5 Å². The topological polar surface area (TPSA) is 38.5 Å². The lowest BCUT2D eigenvalue weighted by Crippen LogP contribution is -2.25. The van der Waals surface area contributed by atoms with Crippen molar-refractivity contribution in [1.29, 1.82) is 0 Å². The van der Waals surface area contributed by atoms with Gasteiger partial charge in [0.25, 0.3) is 0 Å². The van der Waals surface area contributed by atoms with Crippen LogP contribution in [0.3, 0.4) is 0 Å². The van der Waals surface area contributed by atoms with Crippen LogP contribution >= 0.6 is 11.3 Å². The molecule has 3 nitrogen and oxygen atoms in total. The highest BCUT2D eigenvalue weighted by Gasteiger charge is 2.30. The summed E-state index contributed by atoms with van der Waals surface area (Å²) in [6.07, 6.45) is 2.50. The zero-order valence-corrected chi connectivity index (χ0v) is 11.8. The van der Waals surface area contributed by atoms with Crippen LogP contribution in [0.4, 0.5) is 11.4 Å². The van der Waals surface area contributed by atoms with Crippen LogP contribution in [-0.4, -0.2) is 13.2 Å². The molecule has 100 valence electrons. The van der Waals surface area contributed by atoms with E-state index in [2.05, 4.69) is 21.7 Å². The second-order valence-electron chi connectivity index (χ2n) is 4.92. The van der Waals surface area contributed by atoms with E-state index in [1.807, 2.05) is 18.2 Å². The average molecular weight is 274 g/mol. The van der Waals surface area contributed by atoms with Crippen molar-refractivity contribution in [2.24, 2.45) is 0 Å². The van der Waals surface area contributed by atoms with E-state index in [1.165, 1.54) is 18.4 Å². The van der Waals surface area contributed by atoms with Crippen LogP contribution in [-0.2, 0) is 6.54 Å². The average Bonchev–Trinajstić information content (AvgIpc) is 3.14. The van der Waals surface area contributed by atoms with E-state index in [1.54, 1.807) is 18.4 Å². The number of hydrogen-bond donors (Lipinski definition) is 1. The van der Waals surface area contributed by atoms with Gasteiger partial charge in [0, 0.05) is 18.7 Å². The minimum atomic E-state index is 0.620. The zero-order valence-electron chi connectivity index (χ0n) is 11.0. The van der Waals surface area contributed by atoms with Gasteiger partial charge in [0.1, 0.15) is 5.75 Å². The predicted octanol–water partition coefficient (Wildman–Crippen LogP) is 3.51. The molecule has 1 fully saturated rings. The van der Waals surface area contributed by atoms with Gasteiger partial charge in [-0.25, -0.2) is 0 Å². The third-order valence-electron chi connectivity index (χ3n) is 3.47. The normalized spacial score (nSPS) is 14.4. The molecule has 2 N–H and O–H groups in total. The van der Waals surface area contributed by atoms with Crippen LogP contribution in [0.1, 0.15) is 18.4 Å². The van der Waals surface area contributed by atoms with E-state index in [0.717, 1.165) is 23.7 Å². The van der Waals surface area contributed by atoms with Crippen molar-refractivity contribution in [3.8, 4) is 5.75 Å². The van der Waals surface area contributed by atoms with Crippen LogP contribution in [0.5, 0.6) is 5.75 Å². The highest BCUT2D eigenvalue weighted by Crippen LogP contribution is 2.38. The Morgan fingerprint density at radius 1 is 1.37 bits per heavy atom. The smallest absolute Gasteiger partial charge is 0.121 e. The molecule has 1 aliphatic carbocycles. The molecule has 0 saturated heterocycles. The summed E-state index contributed by atoms with van der Waals surface area (Å²) in [4.78, 5) is 2.40. The number of rotatable bonds is 5. The molecule has 2 aromatic rings. The Morgan fingerprint density at radius 3 is 2.84 bits per heavy atom. The van der Waals surface area contributed by atoms with Crippen molar-refractivity contribution >= 4 is 22.7 Å². The fraction of sp³-hybridized carbons (Fsp3) is 0.333. The van der Waals surface area contributed by atoms with Crippen LogP contribution < -0.4 is 15.4 Å². The van der Waals surface area contributed by atoms with E-state index >= 15 is 0 Å². The second-order valence-corrected chi connectivity index (χ2v) is 5.70. The summed E-state index contributed by atoms with van der Waals surface area (Å²) in [6, 6.07) is 8.68. The Labute approximate surface area is 117 Å². The number of thiophene rings is 1. The molecule has 0 spiro atoms. The summed E-state index contributed by atoms with van der Waals surface area (Å²) in [5, 5.41) is 4.32. The third kappa shape index (κ3) is 2.68. The molecule has 1 heterocycles. The number of anilines is 2. The van der Waals surface area contributed by atoms with Crippen LogP contribution in [0, 0.1) is 0 Å². The second kappa shape index (κ2) is 5.13. The largest absolute Gasteiger partial charge is 0.497 e. The van der Waals surface area contributed by atoms with Crippen molar-refractivity contribution in [2.75, 3.05) is 17.7 Å². The van der Waals surface area contributed by atoms with Gasteiger partial charge in [-0.15, -0.1) is 0 Å². The van der Waals surface area contributed by atoms with E-state index < -0.39 is 0 Å². The number of nitrogens with two attached hydrogens (primary N) is 1. The Morgan fingerprint density at radius 2 is 2.21 bits per heavy atom. The minimum Gasteiger partial charge on any atom is -0.497 e. The molecule has 0 amide bonds. The first-order valence-corrected chi connectivity index (χ1v) is 7.43. The Hall–Kier alpha value is -1.68. The zero-order chi connectivity index (χ0) is 13.2. The lowest BCUT2D eigenvalue weighted by molar-refractivity contribution is 0.415. The molecule has 0 aliphatic heterocycles. The van der Waals surface area contributed by atoms with Crippen molar-refractivity contribution < 1.29 is 4.74 Å². The first-order chi connectivity index (χ1) is 9.28. The monoisotopic (exact) mass is 274 g/mol. The number of hydrogen-bond acceptors (Lipinski definition) is 4. The summed E-state index contributed by atoms with van der Waals surface area (Å²) in [5.74, 6) is 0.861. The SMILES string of the molecule is COc1ccc(N)c(N(Cc2ccsc2)C2CC2)c1. The van der Waals surface area contributed by atoms with Crippen LogP contribution in [0.25, 0.3) is 0 Å². The number of methoxy groups -OCH3 is 1. The quantitative estimate of drug-likeness (QED) is 0.848. The molecule has 1 aromatic carbocycles. The first-order valence-electron chi connectivity index (χ1n) is 6.49. The molecule has 0 atom stereocenters. The molecule has 0 unspecified atom stereocenters. The summed E-state index contributed by atoms with van der Waals surface area (Å²) >= 11 is 1.74. The standard InChI is InChI=1S/C15H18N2OS/c1-18-13-4-5-14(16)15(8-13)17(12-2-3-12)9-11-6-7-19-10-11/h4-8,10,12H,2-3,9,16H2,1H3. The molecular formula is C15H18N2OS. The van der Waals surface area contributed by atoms with Gasteiger partial charge < -0.3 is 15.4 Å². The number of benzene rings is 1. The predicted molar refractivity (Wildman–Crippen MR) is 80.9 cm³/mol. The minimum absolute atomic E-state index is 0.620.